The van der Waals surface area contributed by atoms with E-state index in [4.69, 9.17) is 14.7 Å². The number of aromatic nitrogens is 4. The van der Waals surface area contributed by atoms with Gasteiger partial charge < -0.3 is 4.74 Å². The van der Waals surface area contributed by atoms with E-state index in [1.54, 1.807) is 6.33 Å². The molecule has 0 spiro atoms. The smallest absolute Gasteiger partial charge is 0.189 e. The van der Waals surface area contributed by atoms with Crippen molar-refractivity contribution in [2.24, 2.45) is 11.3 Å². The van der Waals surface area contributed by atoms with Crippen molar-refractivity contribution >= 4 is 38.0 Å². The first-order valence-electron chi connectivity index (χ1n) is 11.2. The summed E-state index contributed by atoms with van der Waals surface area (Å²) in [6.07, 6.45) is 5.23. The van der Waals surface area contributed by atoms with Gasteiger partial charge >= 0.3 is 0 Å². The molecule has 0 aliphatic heterocycles. The molecule has 3 heterocycles. The second kappa shape index (κ2) is 7.27. The number of ether oxygens (including phenoxy) is 1. The lowest BCUT2D eigenvalue weighted by atomic mass is 9.72. The molecular weight excluding hydrogens is 416 g/mol. The fourth-order valence-corrected chi connectivity index (χ4v) is 6.14. The molecule has 6 heteroatoms. The highest BCUT2D eigenvalue weighted by molar-refractivity contribution is 7.19. The molecule has 3 aromatic heterocycles. The standard InChI is InChI=1S/C26H26N4OS/c1-26(2,3)17-11-12-19-21(13-17)32-25-23(19)24-28-22(29-30(24)15-27-25)14-31-20-10-6-8-16-7-4-5-9-18(16)20/h4-10,15,17H,11-14H2,1-3H3/t17-/m1/s1. The highest BCUT2D eigenvalue weighted by Crippen LogP contribution is 2.43. The molecule has 2 aromatic carbocycles. The second-order valence-corrected chi connectivity index (χ2v) is 10.9. The fourth-order valence-electron chi connectivity index (χ4n) is 4.88. The molecular formula is C26H26N4OS. The zero-order valence-electron chi connectivity index (χ0n) is 18.6. The third-order valence-corrected chi connectivity index (χ3v) is 7.92. The summed E-state index contributed by atoms with van der Waals surface area (Å²) in [5.74, 6) is 2.24. The maximum absolute atomic E-state index is 6.14. The van der Waals surface area contributed by atoms with Crippen LogP contribution in [0.2, 0.25) is 0 Å². The van der Waals surface area contributed by atoms with Crippen molar-refractivity contribution in [2.75, 3.05) is 0 Å². The van der Waals surface area contributed by atoms with Gasteiger partial charge in [0.05, 0.1) is 5.39 Å². The van der Waals surface area contributed by atoms with E-state index in [0.717, 1.165) is 39.8 Å². The first-order chi connectivity index (χ1) is 15.5. The molecule has 0 N–H and O–H groups in total. The number of nitrogens with zero attached hydrogens (tertiary/aromatic N) is 4. The van der Waals surface area contributed by atoms with E-state index < -0.39 is 0 Å². The average Bonchev–Trinajstić information content (AvgIpc) is 3.37. The molecule has 0 saturated carbocycles. The number of hydrogen-bond donors (Lipinski definition) is 0. The van der Waals surface area contributed by atoms with Crippen molar-refractivity contribution < 1.29 is 4.74 Å². The van der Waals surface area contributed by atoms with Crippen molar-refractivity contribution in [3.63, 3.8) is 0 Å². The number of rotatable bonds is 3. The summed E-state index contributed by atoms with van der Waals surface area (Å²) in [5.41, 5.74) is 2.66. The first-order valence-corrected chi connectivity index (χ1v) is 12.0. The molecule has 0 radical (unpaired) electrons. The van der Waals surface area contributed by atoms with Crippen molar-refractivity contribution in [1.29, 1.82) is 0 Å². The van der Waals surface area contributed by atoms with Crippen LogP contribution in [-0.2, 0) is 19.4 Å². The Labute approximate surface area is 191 Å². The molecule has 6 rings (SSSR count). The molecule has 0 amide bonds. The Kier molecular flexibility index (Phi) is 4.47. The number of aryl methyl sites for hydroxylation is 1. The zero-order valence-corrected chi connectivity index (χ0v) is 19.4. The SMILES string of the molecule is CC(C)(C)[C@@H]1CCc2c(sc3ncn4nc(COc5cccc6ccccc56)nc4c23)C1. The summed E-state index contributed by atoms with van der Waals surface area (Å²) in [5, 5.41) is 8.11. The van der Waals surface area contributed by atoms with E-state index in [9.17, 15) is 0 Å². The molecule has 0 saturated heterocycles. The summed E-state index contributed by atoms with van der Waals surface area (Å²) in [6, 6.07) is 14.4. The van der Waals surface area contributed by atoms with E-state index in [-0.39, 0.29) is 0 Å². The Morgan fingerprint density at radius 3 is 2.84 bits per heavy atom. The van der Waals surface area contributed by atoms with Gasteiger partial charge in [-0.05, 0) is 47.6 Å². The minimum atomic E-state index is 0.329. The van der Waals surface area contributed by atoms with Gasteiger partial charge in [-0.25, -0.2) is 14.5 Å². The summed E-state index contributed by atoms with van der Waals surface area (Å²) in [6.45, 7) is 7.39. The van der Waals surface area contributed by atoms with Crippen molar-refractivity contribution in [3.05, 3.63) is 65.1 Å². The minimum absolute atomic E-state index is 0.329. The van der Waals surface area contributed by atoms with Crippen LogP contribution in [0.25, 0.3) is 26.6 Å². The van der Waals surface area contributed by atoms with Gasteiger partial charge in [0, 0.05) is 10.3 Å². The second-order valence-electron chi connectivity index (χ2n) is 9.80. The lowest BCUT2D eigenvalue weighted by molar-refractivity contribution is 0.218. The van der Waals surface area contributed by atoms with Crippen molar-refractivity contribution in [2.45, 2.75) is 46.6 Å². The topological polar surface area (TPSA) is 52.3 Å². The first kappa shape index (κ1) is 19.7. The largest absolute Gasteiger partial charge is 0.485 e. The summed E-state index contributed by atoms with van der Waals surface area (Å²) >= 11 is 1.83. The highest BCUT2D eigenvalue weighted by Gasteiger charge is 2.31. The van der Waals surface area contributed by atoms with E-state index in [0.29, 0.717) is 23.8 Å². The van der Waals surface area contributed by atoms with Gasteiger partial charge in [-0.3, -0.25) is 0 Å². The predicted octanol–water partition coefficient (Wildman–Crippen LogP) is 6.22. The Morgan fingerprint density at radius 2 is 1.97 bits per heavy atom. The Hall–Kier alpha value is -2.99. The third kappa shape index (κ3) is 3.25. The quantitative estimate of drug-likeness (QED) is 0.333. The van der Waals surface area contributed by atoms with Crippen LogP contribution in [0.1, 0.15) is 43.5 Å². The third-order valence-electron chi connectivity index (χ3n) is 6.76. The normalized spacial score (nSPS) is 16.7. The zero-order chi connectivity index (χ0) is 21.9. The Bertz CT molecular complexity index is 1450. The summed E-state index contributed by atoms with van der Waals surface area (Å²) in [7, 11) is 0. The molecule has 5 nitrogen and oxygen atoms in total. The van der Waals surface area contributed by atoms with Gasteiger partial charge in [-0.15, -0.1) is 16.4 Å². The minimum Gasteiger partial charge on any atom is -0.485 e. The van der Waals surface area contributed by atoms with Crippen LogP contribution in [-0.4, -0.2) is 19.6 Å². The van der Waals surface area contributed by atoms with Gasteiger partial charge in [0.2, 0.25) is 0 Å². The van der Waals surface area contributed by atoms with Gasteiger partial charge in [0.1, 0.15) is 23.5 Å². The number of fused-ring (bicyclic) bond motifs is 6. The number of hydrogen-bond acceptors (Lipinski definition) is 5. The molecule has 0 fully saturated rings. The fraction of sp³-hybridized carbons (Fsp3) is 0.346. The van der Waals surface area contributed by atoms with Crippen LogP contribution in [0.4, 0.5) is 0 Å². The van der Waals surface area contributed by atoms with Crippen LogP contribution in [0.5, 0.6) is 5.75 Å². The summed E-state index contributed by atoms with van der Waals surface area (Å²) in [4.78, 5) is 12.1. The average molecular weight is 443 g/mol. The van der Waals surface area contributed by atoms with Crippen LogP contribution < -0.4 is 4.74 Å². The number of benzene rings is 2. The molecule has 162 valence electrons. The predicted molar refractivity (Wildman–Crippen MR) is 129 cm³/mol. The van der Waals surface area contributed by atoms with E-state index in [2.05, 4.69) is 44.1 Å². The van der Waals surface area contributed by atoms with Crippen LogP contribution in [0.15, 0.2) is 48.8 Å². The number of thiophene rings is 1. The molecule has 32 heavy (non-hydrogen) atoms. The molecule has 5 aromatic rings. The monoisotopic (exact) mass is 442 g/mol. The lowest BCUT2D eigenvalue weighted by Gasteiger charge is -2.33. The molecule has 1 atom stereocenters. The van der Waals surface area contributed by atoms with Gasteiger partial charge in [-0.2, -0.15) is 0 Å². The maximum atomic E-state index is 6.14. The molecule has 0 bridgehead atoms. The molecule has 1 aliphatic carbocycles. The Morgan fingerprint density at radius 1 is 1.12 bits per heavy atom. The summed E-state index contributed by atoms with van der Waals surface area (Å²) < 4.78 is 7.95. The lowest BCUT2D eigenvalue weighted by Crippen LogP contribution is -2.26. The van der Waals surface area contributed by atoms with Crippen LogP contribution in [0.3, 0.4) is 0 Å². The van der Waals surface area contributed by atoms with Crippen LogP contribution in [0, 0.1) is 11.3 Å². The van der Waals surface area contributed by atoms with E-state index in [1.807, 2.05) is 40.1 Å². The van der Waals surface area contributed by atoms with Gasteiger partial charge in [0.25, 0.3) is 0 Å². The molecule has 1 aliphatic rings. The maximum Gasteiger partial charge on any atom is 0.189 e. The van der Waals surface area contributed by atoms with Gasteiger partial charge in [-0.1, -0.05) is 57.2 Å². The van der Waals surface area contributed by atoms with Gasteiger partial charge in [0.15, 0.2) is 11.5 Å². The Balaban J connectivity index is 1.34. The van der Waals surface area contributed by atoms with E-state index >= 15 is 0 Å². The van der Waals surface area contributed by atoms with Crippen LogP contribution >= 0.6 is 11.3 Å². The van der Waals surface area contributed by atoms with Crippen molar-refractivity contribution in [1.82, 2.24) is 19.6 Å². The highest BCUT2D eigenvalue weighted by atomic mass is 32.1. The molecule has 0 unspecified atom stereocenters. The van der Waals surface area contributed by atoms with Crippen molar-refractivity contribution in [3.8, 4) is 5.75 Å². The van der Waals surface area contributed by atoms with E-state index in [1.165, 1.54) is 22.2 Å².